The van der Waals surface area contributed by atoms with Gasteiger partial charge in [0.15, 0.2) is 0 Å². The molecule has 0 saturated heterocycles. The number of hydrogen-bond acceptors (Lipinski definition) is 4. The lowest BCUT2D eigenvalue weighted by Crippen LogP contribution is -2.60. The van der Waals surface area contributed by atoms with Gasteiger partial charge in [-0.2, -0.15) is 5.10 Å². The van der Waals surface area contributed by atoms with Crippen molar-refractivity contribution < 1.29 is 14.7 Å². The zero-order chi connectivity index (χ0) is 19.0. The lowest BCUT2D eigenvalue weighted by Gasteiger charge is -2.56. The van der Waals surface area contributed by atoms with Crippen LogP contribution in [0.15, 0.2) is 29.4 Å². The first-order valence-corrected chi connectivity index (χ1v) is 9.84. The number of aromatic hydroxyl groups is 1. The van der Waals surface area contributed by atoms with Crippen LogP contribution in [0.1, 0.15) is 62.2 Å². The second kappa shape index (κ2) is 6.98. The summed E-state index contributed by atoms with van der Waals surface area (Å²) in [6.07, 6.45) is 7.58. The van der Waals surface area contributed by atoms with E-state index in [1.807, 2.05) is 0 Å². The van der Waals surface area contributed by atoms with E-state index >= 15 is 0 Å². The number of rotatable bonds is 5. The SMILES string of the molecule is C/C(CC(=O)NC12CC3CC(CC(C3)C1)C2)=N\NC(=O)c1cccc(O)c1. The van der Waals surface area contributed by atoms with Crippen LogP contribution in [0.3, 0.4) is 0 Å². The number of amides is 2. The van der Waals surface area contributed by atoms with E-state index in [0.717, 1.165) is 37.0 Å². The van der Waals surface area contributed by atoms with Crippen LogP contribution in [0.5, 0.6) is 5.75 Å². The van der Waals surface area contributed by atoms with Gasteiger partial charge in [-0.15, -0.1) is 0 Å². The minimum atomic E-state index is -0.410. The largest absolute Gasteiger partial charge is 0.508 e. The molecule has 6 nitrogen and oxygen atoms in total. The first-order valence-electron chi connectivity index (χ1n) is 9.84. The summed E-state index contributed by atoms with van der Waals surface area (Å²) >= 11 is 0. The fraction of sp³-hybridized carbons (Fsp3) is 0.571. The van der Waals surface area contributed by atoms with Gasteiger partial charge >= 0.3 is 0 Å². The van der Waals surface area contributed by atoms with E-state index in [1.165, 1.54) is 31.4 Å². The van der Waals surface area contributed by atoms with Crippen LogP contribution >= 0.6 is 0 Å². The molecule has 0 spiro atoms. The van der Waals surface area contributed by atoms with Crippen LogP contribution < -0.4 is 10.7 Å². The first-order chi connectivity index (χ1) is 12.9. The van der Waals surface area contributed by atoms with Crippen LogP contribution in [0.4, 0.5) is 0 Å². The molecule has 5 rings (SSSR count). The van der Waals surface area contributed by atoms with E-state index in [9.17, 15) is 14.7 Å². The topological polar surface area (TPSA) is 90.8 Å². The summed E-state index contributed by atoms with van der Waals surface area (Å²) in [5, 5.41) is 16.8. The fourth-order valence-electron chi connectivity index (χ4n) is 5.73. The van der Waals surface area contributed by atoms with Gasteiger partial charge in [0.2, 0.25) is 5.91 Å². The van der Waals surface area contributed by atoms with Crippen molar-refractivity contribution in [3.63, 3.8) is 0 Å². The zero-order valence-electron chi connectivity index (χ0n) is 15.7. The number of benzene rings is 1. The third-order valence-electron chi connectivity index (χ3n) is 6.32. The Bertz CT molecular complexity index is 751. The maximum Gasteiger partial charge on any atom is 0.271 e. The van der Waals surface area contributed by atoms with Crippen molar-refractivity contribution in [1.29, 1.82) is 0 Å². The highest BCUT2D eigenvalue weighted by molar-refractivity contribution is 6.01. The standard InChI is InChI=1S/C21H27N3O3/c1-13(23-24-20(27)17-3-2-4-18(25)9-17)5-19(26)22-21-10-14-6-15(11-21)8-16(7-14)12-21/h2-4,9,14-16,25H,5-8,10-12H2,1H3,(H,22,26)(H,24,27)/b23-13+. The Hall–Kier alpha value is -2.37. The van der Waals surface area contributed by atoms with Gasteiger partial charge in [0.05, 0.1) is 6.42 Å². The highest BCUT2D eigenvalue weighted by Crippen LogP contribution is 2.55. The molecule has 3 N–H and O–H groups in total. The quantitative estimate of drug-likeness (QED) is 0.550. The normalized spacial score (nSPS) is 31.6. The van der Waals surface area contributed by atoms with Crippen molar-refractivity contribution in [2.75, 3.05) is 0 Å². The smallest absolute Gasteiger partial charge is 0.271 e. The molecule has 0 aliphatic heterocycles. The predicted molar refractivity (Wildman–Crippen MR) is 102 cm³/mol. The number of nitrogens with zero attached hydrogens (tertiary/aromatic N) is 1. The van der Waals surface area contributed by atoms with E-state index in [-0.39, 0.29) is 23.6 Å². The number of hydrazone groups is 1. The van der Waals surface area contributed by atoms with Gasteiger partial charge < -0.3 is 10.4 Å². The van der Waals surface area contributed by atoms with Gasteiger partial charge in [-0.05, 0) is 81.4 Å². The van der Waals surface area contributed by atoms with E-state index < -0.39 is 5.91 Å². The molecule has 27 heavy (non-hydrogen) atoms. The summed E-state index contributed by atoms with van der Waals surface area (Å²) in [5.41, 5.74) is 3.33. The van der Waals surface area contributed by atoms with Gasteiger partial charge in [0.25, 0.3) is 5.91 Å². The van der Waals surface area contributed by atoms with Crippen molar-refractivity contribution in [2.45, 2.75) is 57.4 Å². The third kappa shape index (κ3) is 3.99. The lowest BCUT2D eigenvalue weighted by atomic mass is 9.53. The summed E-state index contributed by atoms with van der Waals surface area (Å²) in [6.45, 7) is 1.74. The van der Waals surface area contributed by atoms with Crippen LogP contribution in [-0.2, 0) is 4.79 Å². The number of carbonyl (C=O) groups is 2. The Labute approximate surface area is 159 Å². The Kier molecular flexibility index (Phi) is 4.66. The van der Waals surface area contributed by atoms with Crippen molar-refractivity contribution in [3.8, 4) is 5.75 Å². The molecular formula is C21H27N3O3. The summed E-state index contributed by atoms with van der Waals surface area (Å²) in [6, 6.07) is 6.07. The van der Waals surface area contributed by atoms with Gasteiger partial charge in [-0.1, -0.05) is 6.07 Å². The molecule has 4 saturated carbocycles. The summed E-state index contributed by atoms with van der Waals surface area (Å²) in [5.74, 6) is 1.96. The van der Waals surface area contributed by atoms with Crippen LogP contribution in [0, 0.1) is 17.8 Å². The molecular weight excluding hydrogens is 342 g/mol. The molecule has 0 atom stereocenters. The molecule has 0 aromatic heterocycles. The van der Waals surface area contributed by atoms with Gasteiger partial charge in [-0.3, -0.25) is 9.59 Å². The van der Waals surface area contributed by atoms with Gasteiger partial charge in [-0.25, -0.2) is 5.43 Å². The Morgan fingerprint density at radius 1 is 1.15 bits per heavy atom. The minimum absolute atomic E-state index is 0.00305. The number of hydrogen-bond donors (Lipinski definition) is 3. The number of nitrogens with one attached hydrogen (secondary N) is 2. The molecule has 6 heteroatoms. The average Bonchev–Trinajstić information content (AvgIpc) is 2.57. The first kappa shape index (κ1) is 18.0. The monoisotopic (exact) mass is 369 g/mol. The lowest BCUT2D eigenvalue weighted by molar-refractivity contribution is -0.125. The van der Waals surface area contributed by atoms with E-state index in [1.54, 1.807) is 19.1 Å². The summed E-state index contributed by atoms with van der Waals surface area (Å²) in [7, 11) is 0. The van der Waals surface area contributed by atoms with Crippen LogP contribution in [-0.4, -0.2) is 28.2 Å². The molecule has 0 heterocycles. The molecule has 4 bridgehead atoms. The molecule has 4 aliphatic rings. The Morgan fingerprint density at radius 3 is 2.37 bits per heavy atom. The van der Waals surface area contributed by atoms with Crippen molar-refractivity contribution >= 4 is 17.5 Å². The van der Waals surface area contributed by atoms with Gasteiger partial charge in [0, 0.05) is 16.8 Å². The highest BCUT2D eigenvalue weighted by atomic mass is 16.3. The van der Waals surface area contributed by atoms with Crippen molar-refractivity contribution in [2.24, 2.45) is 22.9 Å². The predicted octanol–water partition coefficient (Wildman–Crippen LogP) is 2.97. The Morgan fingerprint density at radius 2 is 1.78 bits per heavy atom. The summed E-state index contributed by atoms with van der Waals surface area (Å²) < 4.78 is 0. The van der Waals surface area contributed by atoms with Crippen LogP contribution in [0.2, 0.25) is 0 Å². The highest BCUT2D eigenvalue weighted by Gasteiger charge is 2.51. The second-order valence-corrected chi connectivity index (χ2v) is 8.76. The van der Waals surface area contributed by atoms with Crippen LogP contribution in [0.25, 0.3) is 0 Å². The van der Waals surface area contributed by atoms with Crippen molar-refractivity contribution in [3.05, 3.63) is 29.8 Å². The molecule has 0 radical (unpaired) electrons. The van der Waals surface area contributed by atoms with Crippen molar-refractivity contribution in [1.82, 2.24) is 10.7 Å². The maximum atomic E-state index is 12.6. The van der Waals surface area contributed by atoms with E-state index in [2.05, 4.69) is 15.8 Å². The zero-order valence-corrected chi connectivity index (χ0v) is 15.7. The number of phenols is 1. The fourth-order valence-corrected chi connectivity index (χ4v) is 5.73. The number of phenolic OH excluding ortho intramolecular Hbond substituents is 1. The minimum Gasteiger partial charge on any atom is -0.508 e. The molecule has 0 unspecified atom stereocenters. The van der Waals surface area contributed by atoms with E-state index in [4.69, 9.17) is 0 Å². The number of carbonyl (C=O) groups excluding carboxylic acids is 2. The Balaban J connectivity index is 1.31. The molecule has 4 aliphatic carbocycles. The molecule has 2 amide bonds. The summed E-state index contributed by atoms with van der Waals surface area (Å²) in [4.78, 5) is 24.6. The second-order valence-electron chi connectivity index (χ2n) is 8.76. The average molecular weight is 369 g/mol. The molecule has 1 aromatic rings. The molecule has 4 fully saturated rings. The molecule has 1 aromatic carbocycles. The maximum absolute atomic E-state index is 12.6. The van der Waals surface area contributed by atoms with Gasteiger partial charge in [0.1, 0.15) is 5.75 Å². The van der Waals surface area contributed by atoms with E-state index in [0.29, 0.717) is 11.3 Å². The molecule has 144 valence electrons. The third-order valence-corrected chi connectivity index (χ3v) is 6.32.